The lowest BCUT2D eigenvalue weighted by Gasteiger charge is -2.08. The van der Waals surface area contributed by atoms with Gasteiger partial charge in [0.2, 0.25) is 0 Å². The number of pyridine rings is 1. The first kappa shape index (κ1) is 14.8. The van der Waals surface area contributed by atoms with E-state index in [9.17, 15) is 4.79 Å². The third kappa shape index (κ3) is 3.71. The van der Waals surface area contributed by atoms with Gasteiger partial charge in [-0.05, 0) is 37.3 Å². The van der Waals surface area contributed by atoms with E-state index in [4.69, 9.17) is 16.9 Å². The van der Waals surface area contributed by atoms with Crippen LogP contribution in [0.15, 0.2) is 36.5 Å². The lowest BCUT2D eigenvalue weighted by atomic mass is 10.2. The molecule has 2 rings (SSSR count). The van der Waals surface area contributed by atoms with Gasteiger partial charge in [-0.25, -0.2) is 0 Å². The second-order valence-electron chi connectivity index (χ2n) is 4.22. The van der Waals surface area contributed by atoms with E-state index in [1.165, 1.54) is 6.07 Å². The topological polar surface area (TPSA) is 77.8 Å². The number of nitrogens with one attached hydrogen (secondary N) is 2. The Hall–Kier alpha value is -2.58. The van der Waals surface area contributed by atoms with E-state index in [1.54, 1.807) is 30.5 Å². The number of rotatable bonds is 4. The van der Waals surface area contributed by atoms with Gasteiger partial charge in [-0.15, -0.1) is 0 Å². The molecule has 0 saturated heterocycles. The van der Waals surface area contributed by atoms with Gasteiger partial charge in [0.15, 0.2) is 0 Å². The maximum Gasteiger partial charge on any atom is 0.274 e. The van der Waals surface area contributed by atoms with Gasteiger partial charge in [0.05, 0.1) is 22.3 Å². The van der Waals surface area contributed by atoms with E-state index >= 15 is 0 Å². The standard InChI is InChI=1S/C15H13ClN4O/c1-2-18-11-5-6-19-14(8-11)15(21)20-13-7-10(9-17)3-4-12(13)16/h3-8H,2H2,1H3,(H,18,19)(H,20,21). The molecule has 0 unspecified atom stereocenters. The smallest absolute Gasteiger partial charge is 0.274 e. The molecule has 1 heterocycles. The molecule has 106 valence electrons. The van der Waals surface area contributed by atoms with Gasteiger partial charge >= 0.3 is 0 Å². The summed E-state index contributed by atoms with van der Waals surface area (Å²) in [5.74, 6) is -0.383. The monoisotopic (exact) mass is 300 g/mol. The summed E-state index contributed by atoms with van der Waals surface area (Å²) in [7, 11) is 0. The number of hydrogen-bond acceptors (Lipinski definition) is 4. The van der Waals surface area contributed by atoms with Crippen LogP contribution >= 0.6 is 11.6 Å². The molecule has 0 fully saturated rings. The number of amides is 1. The maximum atomic E-state index is 12.2. The fraction of sp³-hybridized carbons (Fsp3) is 0.133. The molecule has 5 nitrogen and oxygen atoms in total. The molecule has 0 aliphatic rings. The van der Waals surface area contributed by atoms with Gasteiger partial charge in [0.1, 0.15) is 5.69 Å². The summed E-state index contributed by atoms with van der Waals surface area (Å²) >= 11 is 6.01. The molecule has 2 N–H and O–H groups in total. The molecule has 1 aromatic heterocycles. The highest BCUT2D eigenvalue weighted by molar-refractivity contribution is 6.34. The molecule has 0 atom stereocenters. The van der Waals surface area contributed by atoms with Gasteiger partial charge in [-0.2, -0.15) is 5.26 Å². The molecule has 0 aliphatic carbocycles. The van der Waals surface area contributed by atoms with Crippen LogP contribution in [0.4, 0.5) is 11.4 Å². The summed E-state index contributed by atoms with van der Waals surface area (Å²) in [4.78, 5) is 16.2. The summed E-state index contributed by atoms with van der Waals surface area (Å²) in [5.41, 5.74) is 1.89. The first-order valence-electron chi connectivity index (χ1n) is 6.35. The van der Waals surface area contributed by atoms with Crippen LogP contribution in [0.1, 0.15) is 23.0 Å². The Balaban J connectivity index is 2.22. The third-order valence-electron chi connectivity index (χ3n) is 2.72. The summed E-state index contributed by atoms with van der Waals surface area (Å²) in [6.07, 6.45) is 1.56. The van der Waals surface area contributed by atoms with Crippen molar-refractivity contribution in [2.45, 2.75) is 6.92 Å². The predicted octanol–water partition coefficient (Wildman–Crippen LogP) is 3.29. The Morgan fingerprint density at radius 1 is 1.38 bits per heavy atom. The number of nitrogens with zero attached hydrogens (tertiary/aromatic N) is 2. The molecule has 0 bridgehead atoms. The number of halogens is 1. The van der Waals surface area contributed by atoms with Crippen LogP contribution in [-0.2, 0) is 0 Å². The Labute approximate surface area is 127 Å². The minimum absolute atomic E-state index is 0.270. The highest BCUT2D eigenvalue weighted by Crippen LogP contribution is 2.23. The SMILES string of the molecule is CCNc1ccnc(C(=O)Nc2cc(C#N)ccc2Cl)c1. The molecule has 2 aromatic rings. The van der Waals surface area contributed by atoms with Crippen LogP contribution in [0.2, 0.25) is 5.02 Å². The van der Waals surface area contributed by atoms with Gasteiger partial charge in [0, 0.05) is 18.4 Å². The van der Waals surface area contributed by atoms with Crippen molar-refractivity contribution in [2.24, 2.45) is 0 Å². The second kappa shape index (κ2) is 6.73. The fourth-order valence-electron chi connectivity index (χ4n) is 1.75. The molecule has 1 aromatic carbocycles. The lowest BCUT2D eigenvalue weighted by Crippen LogP contribution is -2.14. The fourth-order valence-corrected chi connectivity index (χ4v) is 1.91. The number of nitriles is 1. The number of aromatic nitrogens is 1. The Bertz CT molecular complexity index is 709. The minimum atomic E-state index is -0.383. The van der Waals surface area contributed by atoms with Crippen LogP contribution in [0, 0.1) is 11.3 Å². The van der Waals surface area contributed by atoms with Crippen LogP contribution < -0.4 is 10.6 Å². The van der Waals surface area contributed by atoms with Gasteiger partial charge < -0.3 is 10.6 Å². The zero-order valence-electron chi connectivity index (χ0n) is 11.4. The first-order chi connectivity index (χ1) is 10.1. The van der Waals surface area contributed by atoms with Crippen molar-refractivity contribution in [2.75, 3.05) is 17.2 Å². The highest BCUT2D eigenvalue weighted by Gasteiger charge is 2.11. The van der Waals surface area contributed by atoms with Crippen molar-refractivity contribution < 1.29 is 4.79 Å². The summed E-state index contributed by atoms with van der Waals surface area (Å²) in [6, 6.07) is 10.1. The number of carbonyl (C=O) groups is 1. The zero-order chi connectivity index (χ0) is 15.2. The largest absolute Gasteiger partial charge is 0.385 e. The Morgan fingerprint density at radius 3 is 2.90 bits per heavy atom. The zero-order valence-corrected chi connectivity index (χ0v) is 12.1. The normalized spacial score (nSPS) is 9.76. The van der Waals surface area contributed by atoms with E-state index in [2.05, 4.69) is 15.6 Å². The van der Waals surface area contributed by atoms with Crippen molar-refractivity contribution in [1.82, 2.24) is 4.98 Å². The third-order valence-corrected chi connectivity index (χ3v) is 3.05. The molecule has 0 radical (unpaired) electrons. The maximum absolute atomic E-state index is 12.2. The average Bonchev–Trinajstić information content (AvgIpc) is 2.50. The second-order valence-corrected chi connectivity index (χ2v) is 4.63. The Morgan fingerprint density at radius 2 is 2.19 bits per heavy atom. The number of anilines is 2. The Kier molecular flexibility index (Phi) is 4.75. The first-order valence-corrected chi connectivity index (χ1v) is 6.72. The number of benzene rings is 1. The molecular formula is C15H13ClN4O. The van der Waals surface area contributed by atoms with E-state index < -0.39 is 0 Å². The van der Waals surface area contributed by atoms with Crippen LogP contribution in [0.25, 0.3) is 0 Å². The summed E-state index contributed by atoms with van der Waals surface area (Å²) in [6.45, 7) is 2.72. The van der Waals surface area contributed by atoms with Crippen LogP contribution in [-0.4, -0.2) is 17.4 Å². The van der Waals surface area contributed by atoms with E-state index in [0.29, 0.717) is 16.3 Å². The summed E-state index contributed by atoms with van der Waals surface area (Å²) in [5, 5.41) is 15.0. The lowest BCUT2D eigenvalue weighted by molar-refractivity contribution is 0.102. The van der Waals surface area contributed by atoms with Crippen molar-refractivity contribution in [3.63, 3.8) is 0 Å². The molecule has 0 aliphatic heterocycles. The quantitative estimate of drug-likeness (QED) is 0.908. The van der Waals surface area contributed by atoms with Crippen molar-refractivity contribution >= 4 is 28.9 Å². The van der Waals surface area contributed by atoms with Crippen molar-refractivity contribution in [1.29, 1.82) is 5.26 Å². The van der Waals surface area contributed by atoms with Gasteiger partial charge in [-0.3, -0.25) is 9.78 Å². The molecule has 1 amide bonds. The number of hydrogen-bond donors (Lipinski definition) is 2. The molecular weight excluding hydrogens is 288 g/mol. The van der Waals surface area contributed by atoms with Gasteiger partial charge in [-0.1, -0.05) is 11.6 Å². The minimum Gasteiger partial charge on any atom is -0.385 e. The predicted molar refractivity (Wildman–Crippen MR) is 82.5 cm³/mol. The highest BCUT2D eigenvalue weighted by atomic mass is 35.5. The molecule has 0 saturated carbocycles. The van der Waals surface area contributed by atoms with Crippen molar-refractivity contribution in [3.05, 3.63) is 52.8 Å². The number of carbonyl (C=O) groups excluding carboxylic acids is 1. The van der Waals surface area contributed by atoms with E-state index in [0.717, 1.165) is 12.2 Å². The van der Waals surface area contributed by atoms with Crippen molar-refractivity contribution in [3.8, 4) is 6.07 Å². The van der Waals surface area contributed by atoms with Gasteiger partial charge in [0.25, 0.3) is 5.91 Å². The van der Waals surface area contributed by atoms with E-state index in [-0.39, 0.29) is 11.6 Å². The summed E-state index contributed by atoms with van der Waals surface area (Å²) < 4.78 is 0. The van der Waals surface area contributed by atoms with Crippen LogP contribution in [0.5, 0.6) is 0 Å². The molecule has 21 heavy (non-hydrogen) atoms. The van der Waals surface area contributed by atoms with E-state index in [1.807, 2.05) is 13.0 Å². The molecule has 6 heteroatoms. The van der Waals surface area contributed by atoms with Crippen LogP contribution in [0.3, 0.4) is 0 Å². The average molecular weight is 301 g/mol. The molecule has 0 spiro atoms.